The van der Waals surface area contributed by atoms with E-state index in [1.165, 1.54) is 34.4 Å². The summed E-state index contributed by atoms with van der Waals surface area (Å²) in [4.78, 5) is 22.8. The summed E-state index contributed by atoms with van der Waals surface area (Å²) in [5, 5.41) is 38.2. The van der Waals surface area contributed by atoms with Crippen molar-refractivity contribution in [1.82, 2.24) is 0 Å². The largest absolute Gasteiger partial charge is 0.507 e. The molecule has 4 N–H and O–H groups in total. The highest BCUT2D eigenvalue weighted by atomic mass is 79.9. The highest BCUT2D eigenvalue weighted by Gasteiger charge is 2.21. The first-order valence-corrected chi connectivity index (χ1v) is 40.0. The molecule has 0 aliphatic heterocycles. The lowest BCUT2D eigenvalue weighted by Gasteiger charge is -2.17. The van der Waals surface area contributed by atoms with Gasteiger partial charge in [-0.2, -0.15) is 0 Å². The van der Waals surface area contributed by atoms with Crippen molar-refractivity contribution >= 4 is 46.9 Å². The van der Waals surface area contributed by atoms with Crippen LogP contribution < -0.4 is 18.9 Å². The van der Waals surface area contributed by atoms with Gasteiger partial charge in [0.2, 0.25) is 0 Å². The highest BCUT2D eigenvalue weighted by Crippen LogP contribution is 2.35. The summed E-state index contributed by atoms with van der Waals surface area (Å²) in [6, 6.07) is 37.2. The van der Waals surface area contributed by atoms with Gasteiger partial charge >= 0.3 is 11.9 Å². The van der Waals surface area contributed by atoms with E-state index >= 15 is 0 Å². The van der Waals surface area contributed by atoms with Gasteiger partial charge in [0.25, 0.3) is 0 Å². The smallest absolute Gasteiger partial charge is 0.344 e. The molecule has 16 nitrogen and oxygen atoms in total. The number of aliphatic hydroxyl groups is 1. The van der Waals surface area contributed by atoms with Crippen molar-refractivity contribution in [1.29, 1.82) is 0 Å². The number of para-hydroxylation sites is 6. The van der Waals surface area contributed by atoms with Crippen molar-refractivity contribution in [3.8, 4) is 34.5 Å². The van der Waals surface area contributed by atoms with E-state index in [0.717, 1.165) is 56.4 Å². The van der Waals surface area contributed by atoms with Crippen LogP contribution in [0.25, 0.3) is 0 Å². The van der Waals surface area contributed by atoms with E-state index in [4.69, 9.17) is 52.5 Å². The Balaban J connectivity index is 0.000000580. The molecule has 6 aromatic rings. The van der Waals surface area contributed by atoms with Crippen LogP contribution in [0.3, 0.4) is 0 Å². The number of aliphatic hydroxyl groups excluding tert-OH is 1. The molecule has 0 spiro atoms. The molecule has 0 atom stereocenters. The summed E-state index contributed by atoms with van der Waals surface area (Å²) in [5.74, 6) is 4.22. The number of hydrogen-bond donors (Lipinski definition) is 4. The number of rotatable bonds is 33. The van der Waals surface area contributed by atoms with Crippen LogP contribution in [0.15, 0.2) is 109 Å². The lowest BCUT2D eigenvalue weighted by Crippen LogP contribution is -2.13. The molecular formula is C77H117BrO16Si2. The van der Waals surface area contributed by atoms with Crippen molar-refractivity contribution in [2.75, 3.05) is 67.0 Å². The van der Waals surface area contributed by atoms with E-state index in [2.05, 4.69) is 127 Å². The summed E-state index contributed by atoms with van der Waals surface area (Å²) in [5.41, 5.74) is 11.2. The van der Waals surface area contributed by atoms with E-state index in [0.29, 0.717) is 92.9 Å². The number of ether oxygens (including phenoxy) is 10. The first kappa shape index (κ1) is 87.7. The number of aromatic hydroxyl groups is 2. The predicted octanol–water partition coefficient (Wildman–Crippen LogP) is 17.4. The minimum absolute atomic E-state index is 0.00447. The number of esters is 1. The number of carbonyl (C=O) groups is 2. The second kappa shape index (κ2) is 51.0. The van der Waals surface area contributed by atoms with Gasteiger partial charge in [0.05, 0.1) is 6.61 Å². The van der Waals surface area contributed by atoms with Crippen LogP contribution in [0.2, 0.25) is 13.1 Å². The third-order valence-electron chi connectivity index (χ3n) is 14.6. The van der Waals surface area contributed by atoms with Crippen LogP contribution in [0, 0.1) is 0 Å². The van der Waals surface area contributed by atoms with Gasteiger partial charge < -0.3 is 67.8 Å². The zero-order chi connectivity index (χ0) is 72.1. The molecule has 0 saturated carbocycles. The topological polar surface area (TPSA) is 207 Å². The minimum Gasteiger partial charge on any atom is -0.507 e. The maximum Gasteiger partial charge on any atom is 0.344 e. The molecule has 0 bridgehead atoms. The van der Waals surface area contributed by atoms with Gasteiger partial charge in [0, 0.05) is 68.5 Å². The molecule has 0 aliphatic carbocycles. The zero-order valence-corrected chi connectivity index (χ0v) is 65.7. The molecule has 6 aromatic carbocycles. The highest BCUT2D eigenvalue weighted by molar-refractivity contribution is 9.08. The Bertz CT molecular complexity index is 3030. The van der Waals surface area contributed by atoms with Crippen molar-refractivity contribution in [3.05, 3.63) is 176 Å². The molecule has 0 fully saturated rings. The molecule has 0 amide bonds. The Kier molecular flexibility index (Phi) is 46.6. The van der Waals surface area contributed by atoms with Crippen LogP contribution in [0.5, 0.6) is 34.5 Å². The van der Waals surface area contributed by atoms with Crippen LogP contribution in [-0.4, -0.2) is 118 Å². The minimum atomic E-state index is -1.10. The number of phenolic OH excluding ortho intramolecular Hbond substituents is 1. The van der Waals surface area contributed by atoms with E-state index < -0.39 is 11.9 Å². The molecule has 0 radical (unpaired) electrons. The summed E-state index contributed by atoms with van der Waals surface area (Å²) >= 11 is 3.48. The molecule has 19 heteroatoms. The lowest BCUT2D eigenvalue weighted by atomic mass is 9.99. The van der Waals surface area contributed by atoms with Gasteiger partial charge in [-0.05, 0) is 139 Å². The molecule has 96 heavy (non-hydrogen) atoms. The fraction of sp³-hybridized carbons (Fsp3) is 0.506. The molecule has 0 saturated heterocycles. The van der Waals surface area contributed by atoms with Gasteiger partial charge in [-0.3, -0.25) is 0 Å². The van der Waals surface area contributed by atoms with Crippen molar-refractivity contribution in [2.24, 2.45) is 0 Å². The maximum atomic E-state index is 12.1. The summed E-state index contributed by atoms with van der Waals surface area (Å²) < 4.78 is 53.7. The number of benzene rings is 6. The van der Waals surface area contributed by atoms with Gasteiger partial charge in [0.1, 0.15) is 45.6 Å². The van der Waals surface area contributed by atoms with E-state index in [-0.39, 0.29) is 69.2 Å². The average Bonchev–Trinajstić information content (AvgIpc) is 0.893. The predicted molar refractivity (Wildman–Crippen MR) is 399 cm³/mol. The maximum absolute atomic E-state index is 12.1. The summed E-state index contributed by atoms with van der Waals surface area (Å²) in [6.45, 7) is 43.2. The van der Waals surface area contributed by atoms with Crippen LogP contribution >= 0.6 is 15.9 Å². The molecular weight excluding hydrogens is 1320 g/mol. The van der Waals surface area contributed by atoms with Gasteiger partial charge in [0.15, 0.2) is 34.0 Å². The number of aromatic carboxylic acids is 1. The number of hydrogen-bond acceptors (Lipinski definition) is 15. The van der Waals surface area contributed by atoms with Crippen molar-refractivity contribution in [2.45, 2.75) is 190 Å². The van der Waals surface area contributed by atoms with Crippen molar-refractivity contribution < 1.29 is 77.4 Å². The Morgan fingerprint density at radius 1 is 0.396 bits per heavy atom. The molecule has 0 unspecified atom stereocenters. The lowest BCUT2D eigenvalue weighted by molar-refractivity contribution is -0.0282. The average molecular weight is 1430 g/mol. The second-order valence-electron chi connectivity index (χ2n) is 23.9. The van der Waals surface area contributed by atoms with E-state index in [1.54, 1.807) is 18.2 Å². The summed E-state index contributed by atoms with van der Waals surface area (Å²) in [7, 11) is -0.00176. The zero-order valence-electron chi connectivity index (χ0n) is 61.2. The van der Waals surface area contributed by atoms with E-state index in [9.17, 15) is 24.9 Å². The molecule has 0 aromatic heterocycles. The van der Waals surface area contributed by atoms with Crippen molar-refractivity contribution in [3.63, 3.8) is 0 Å². The fourth-order valence-electron chi connectivity index (χ4n) is 9.47. The third-order valence-corrected chi connectivity index (χ3v) is 17.3. The third kappa shape index (κ3) is 31.5. The number of phenols is 2. The number of carboxylic acids is 1. The second-order valence-corrected chi connectivity index (χ2v) is 27.5. The molecule has 0 heterocycles. The Morgan fingerprint density at radius 3 is 1.07 bits per heavy atom. The number of carboxylic acid groups (broad SMARTS) is 1. The normalized spacial score (nSPS) is 11.0. The number of carbonyl (C=O) groups excluding carboxylic acids is 1. The van der Waals surface area contributed by atoms with Crippen LogP contribution in [0.1, 0.15) is 230 Å². The molecule has 6 rings (SSSR count). The van der Waals surface area contributed by atoms with E-state index in [1.807, 2.05) is 105 Å². The first-order chi connectivity index (χ1) is 45.9. The Labute approximate surface area is 588 Å². The summed E-state index contributed by atoms with van der Waals surface area (Å²) in [6.07, 6.45) is 0. The van der Waals surface area contributed by atoms with Gasteiger partial charge in [-0.25, -0.2) is 9.59 Å². The molecule has 0 aliphatic rings. The quantitative estimate of drug-likeness (QED) is 0.00993. The Hall–Kier alpha value is -6.27. The molecule has 536 valence electrons. The SMILES string of the molecule is CC(C)c1cccc(C(=O)O)c1O.CCOCOC(=O)c1cccc(C(C)C)c1OCOCC.CCOCOc1c(CBr)cccc1C(C)C.CCOCOc1c(CO)cccc1C(C)C.CCOCOc1c(C[SiH2]C)cccc1C(C)C.C[SiH2]Cc1cccc(C(C)C)c1O. The standard InChI is InChI=1S/C16H24O5.C14H24O2Si.C13H19BrO2.C13H20O3.C11H18OSi.C10H12O3/c1-5-18-10-20-15-13(12(3)4)8-7-9-14(15)16(17)21-11-19-6-2;1-5-15-10-16-14-12(9-17-4)7-6-8-13(14)11(2)3;2*1-4-15-9-16-13-11(8-14)6-5-7-12(13)10(2)3;1-8(2)10-6-4-5-9(7-13-3)11(10)12;1-6(2)7-4-3-5-8(9(7)11)10(12)13/h7-9,12H,5-6,10-11H2,1-4H3;6-8,11H,5,9-10,17H2,1-4H3;5-7,10H,4,8-9H2,1-3H3;5-7,10,14H,4,8-9H2,1-3H3;4-6,8,12H,7,13H2,1-3H3;3-6,11H,1-2H3,(H,12,13). The number of alkyl halides is 1. The fourth-order valence-corrected chi connectivity index (χ4v) is 11.8. The number of halogens is 1. The Morgan fingerprint density at radius 2 is 0.698 bits per heavy atom. The van der Waals surface area contributed by atoms with Crippen LogP contribution in [0.4, 0.5) is 0 Å². The van der Waals surface area contributed by atoms with Crippen LogP contribution in [-0.2, 0) is 52.4 Å². The van der Waals surface area contributed by atoms with Gasteiger partial charge in [-0.1, -0.05) is 209 Å². The monoisotopic (exact) mass is 1430 g/mol. The first-order valence-electron chi connectivity index (χ1n) is 34.0. The van der Waals surface area contributed by atoms with Gasteiger partial charge in [-0.15, -0.1) is 0 Å².